The highest BCUT2D eigenvalue weighted by atomic mass is 16.1. The third-order valence-electron chi connectivity index (χ3n) is 6.26. The molecule has 27 heavy (non-hydrogen) atoms. The average molecular weight is 368 g/mol. The van der Waals surface area contributed by atoms with Crippen LogP contribution >= 0.6 is 0 Å². The zero-order valence-corrected chi connectivity index (χ0v) is 16.9. The molecule has 1 aliphatic heterocycles. The van der Waals surface area contributed by atoms with Gasteiger partial charge in [-0.15, -0.1) is 0 Å². The maximum atomic E-state index is 12.6. The van der Waals surface area contributed by atoms with Crippen molar-refractivity contribution < 1.29 is 0 Å². The summed E-state index contributed by atoms with van der Waals surface area (Å²) in [6, 6.07) is 0. The van der Waals surface area contributed by atoms with Crippen LogP contribution in [0.15, 0.2) is 4.79 Å². The molecule has 1 spiro atoms. The second kappa shape index (κ2) is 6.32. The van der Waals surface area contributed by atoms with E-state index in [-0.39, 0.29) is 11.0 Å². The molecule has 7 nitrogen and oxygen atoms in total. The fourth-order valence-corrected chi connectivity index (χ4v) is 4.45. The molecule has 2 aromatic heterocycles. The molecular formula is C20H28N6O. The second-order valence-corrected chi connectivity index (χ2v) is 8.24. The predicted octanol–water partition coefficient (Wildman–Crippen LogP) is 2.04. The Morgan fingerprint density at radius 1 is 1.07 bits per heavy atom. The van der Waals surface area contributed by atoms with E-state index in [1.54, 1.807) is 0 Å². The van der Waals surface area contributed by atoms with Gasteiger partial charge in [-0.1, -0.05) is 0 Å². The number of hydrogen-bond acceptors (Lipinski definition) is 6. The molecule has 2 aliphatic rings. The van der Waals surface area contributed by atoms with Crippen molar-refractivity contribution in [1.29, 1.82) is 0 Å². The zero-order chi connectivity index (χ0) is 19.3. The van der Waals surface area contributed by atoms with E-state index >= 15 is 0 Å². The highest BCUT2D eigenvalue weighted by molar-refractivity contribution is 5.44. The number of hydrogen-bond donors (Lipinski definition) is 1. The quantitative estimate of drug-likeness (QED) is 0.874. The Kier molecular flexibility index (Phi) is 4.20. The summed E-state index contributed by atoms with van der Waals surface area (Å²) in [7, 11) is 3.82. The number of nitrogens with one attached hydrogen (secondary N) is 1. The van der Waals surface area contributed by atoms with Crippen LogP contribution in [0.25, 0.3) is 0 Å². The van der Waals surface area contributed by atoms with Gasteiger partial charge < -0.3 is 9.80 Å². The van der Waals surface area contributed by atoms with Gasteiger partial charge in [-0.3, -0.25) is 9.78 Å². The number of aromatic nitrogens is 4. The molecule has 0 bridgehead atoms. The molecule has 0 amide bonds. The lowest BCUT2D eigenvalue weighted by Crippen LogP contribution is -2.46. The number of fused-ring (bicyclic) bond motifs is 2. The van der Waals surface area contributed by atoms with Gasteiger partial charge in [-0.2, -0.15) is 0 Å². The molecule has 0 saturated carbocycles. The summed E-state index contributed by atoms with van der Waals surface area (Å²) >= 11 is 0. The van der Waals surface area contributed by atoms with Crippen molar-refractivity contribution in [1.82, 2.24) is 19.9 Å². The summed E-state index contributed by atoms with van der Waals surface area (Å²) in [5.74, 6) is 1.44. The summed E-state index contributed by atoms with van der Waals surface area (Å²) in [5.41, 5.74) is 5.00. The number of H-pyrrole nitrogens is 1. The first-order chi connectivity index (χ1) is 12.8. The van der Waals surface area contributed by atoms with E-state index in [0.717, 1.165) is 72.9 Å². The van der Waals surface area contributed by atoms with Crippen LogP contribution < -0.4 is 15.4 Å². The first kappa shape index (κ1) is 17.9. The lowest BCUT2D eigenvalue weighted by atomic mass is 9.77. The Morgan fingerprint density at radius 2 is 1.78 bits per heavy atom. The second-order valence-electron chi connectivity index (χ2n) is 8.24. The molecule has 2 aromatic rings. The topological polar surface area (TPSA) is 78.0 Å². The van der Waals surface area contributed by atoms with E-state index in [1.807, 2.05) is 32.8 Å². The van der Waals surface area contributed by atoms with Crippen LogP contribution in [0.5, 0.6) is 0 Å². The minimum atomic E-state index is -0.0807. The number of rotatable bonds is 2. The number of aryl methyl sites for hydroxylation is 2. The molecule has 1 saturated heterocycles. The Hall–Kier alpha value is -2.44. The first-order valence-electron chi connectivity index (χ1n) is 9.68. The summed E-state index contributed by atoms with van der Waals surface area (Å²) in [5, 5.41) is 0. The van der Waals surface area contributed by atoms with Crippen LogP contribution in [0, 0.1) is 20.8 Å². The Bertz CT molecular complexity index is 927. The van der Waals surface area contributed by atoms with E-state index in [2.05, 4.69) is 16.8 Å². The maximum absolute atomic E-state index is 12.6. The van der Waals surface area contributed by atoms with Gasteiger partial charge in [0.25, 0.3) is 5.56 Å². The van der Waals surface area contributed by atoms with E-state index in [1.165, 1.54) is 0 Å². The monoisotopic (exact) mass is 368 g/mol. The highest BCUT2D eigenvalue weighted by Crippen LogP contribution is 2.43. The van der Waals surface area contributed by atoms with Gasteiger partial charge in [-0.05, 0) is 52.0 Å². The van der Waals surface area contributed by atoms with Crippen molar-refractivity contribution in [3.05, 3.63) is 38.6 Å². The number of piperidine rings is 1. The van der Waals surface area contributed by atoms with Crippen LogP contribution in [0.2, 0.25) is 0 Å². The van der Waals surface area contributed by atoms with Crippen LogP contribution in [0.1, 0.15) is 47.5 Å². The summed E-state index contributed by atoms with van der Waals surface area (Å²) < 4.78 is 0. The smallest absolute Gasteiger partial charge is 0.255 e. The standard InChI is InChI=1S/C20H28N6O/c1-12-13(2)21-19(22-14(12)3)26-10-6-8-20(11-26)9-7-15-16(20)23-18(25(4)5)24-17(15)27/h6-11H2,1-5H3,(H,23,24,27). The van der Waals surface area contributed by atoms with Crippen molar-refractivity contribution in [2.24, 2.45) is 0 Å². The average Bonchev–Trinajstić information content (AvgIpc) is 2.97. The Morgan fingerprint density at radius 3 is 2.44 bits per heavy atom. The Balaban J connectivity index is 1.74. The Labute approximate surface area is 159 Å². The minimum Gasteiger partial charge on any atom is -0.348 e. The van der Waals surface area contributed by atoms with Gasteiger partial charge in [0.1, 0.15) is 0 Å². The number of nitrogens with zero attached hydrogens (tertiary/aromatic N) is 5. The summed E-state index contributed by atoms with van der Waals surface area (Å²) in [6.07, 6.45) is 3.88. The maximum Gasteiger partial charge on any atom is 0.255 e. The summed E-state index contributed by atoms with van der Waals surface area (Å²) in [4.78, 5) is 34.0. The van der Waals surface area contributed by atoms with E-state index in [9.17, 15) is 4.79 Å². The minimum absolute atomic E-state index is 0.0102. The lowest BCUT2D eigenvalue weighted by molar-refractivity contribution is 0.332. The van der Waals surface area contributed by atoms with Crippen molar-refractivity contribution in [2.45, 2.75) is 51.9 Å². The highest BCUT2D eigenvalue weighted by Gasteiger charge is 2.45. The molecule has 144 valence electrons. The van der Waals surface area contributed by atoms with Gasteiger partial charge in [0.2, 0.25) is 11.9 Å². The normalized spacial score (nSPS) is 21.6. The molecule has 1 aliphatic carbocycles. The van der Waals surface area contributed by atoms with Gasteiger partial charge in [0.05, 0.1) is 5.69 Å². The molecule has 1 atom stereocenters. The SMILES string of the molecule is Cc1nc(N2CCCC3(CCc4c3nc(N(C)C)[nH]c4=O)C2)nc(C)c1C. The third kappa shape index (κ3) is 2.89. The summed E-state index contributed by atoms with van der Waals surface area (Å²) in [6.45, 7) is 7.93. The molecular weight excluding hydrogens is 340 g/mol. The zero-order valence-electron chi connectivity index (χ0n) is 16.9. The van der Waals surface area contributed by atoms with Crippen LogP contribution in [0.3, 0.4) is 0 Å². The van der Waals surface area contributed by atoms with Crippen molar-refractivity contribution >= 4 is 11.9 Å². The van der Waals surface area contributed by atoms with Gasteiger partial charge in [0.15, 0.2) is 0 Å². The lowest BCUT2D eigenvalue weighted by Gasteiger charge is -2.40. The fraction of sp³-hybridized carbons (Fsp3) is 0.600. The molecule has 1 fully saturated rings. The van der Waals surface area contributed by atoms with Crippen LogP contribution in [-0.4, -0.2) is 47.1 Å². The first-order valence-corrected chi connectivity index (χ1v) is 9.68. The molecule has 0 aromatic carbocycles. The molecule has 0 radical (unpaired) electrons. The number of aromatic amines is 1. The molecule has 4 rings (SSSR count). The van der Waals surface area contributed by atoms with E-state index in [4.69, 9.17) is 15.0 Å². The van der Waals surface area contributed by atoms with E-state index < -0.39 is 0 Å². The third-order valence-corrected chi connectivity index (χ3v) is 6.26. The van der Waals surface area contributed by atoms with Crippen molar-refractivity contribution in [3.8, 4) is 0 Å². The molecule has 7 heteroatoms. The van der Waals surface area contributed by atoms with Crippen LogP contribution in [-0.2, 0) is 11.8 Å². The van der Waals surface area contributed by atoms with Crippen molar-refractivity contribution in [2.75, 3.05) is 37.0 Å². The van der Waals surface area contributed by atoms with E-state index in [0.29, 0.717) is 5.95 Å². The number of anilines is 2. The van der Waals surface area contributed by atoms with Gasteiger partial charge >= 0.3 is 0 Å². The van der Waals surface area contributed by atoms with Crippen molar-refractivity contribution in [3.63, 3.8) is 0 Å². The van der Waals surface area contributed by atoms with Crippen LogP contribution in [0.4, 0.5) is 11.9 Å². The predicted molar refractivity (Wildman–Crippen MR) is 107 cm³/mol. The van der Waals surface area contributed by atoms with Gasteiger partial charge in [-0.25, -0.2) is 15.0 Å². The molecule has 1 N–H and O–H groups in total. The fourth-order valence-electron chi connectivity index (χ4n) is 4.45. The molecule has 1 unspecified atom stereocenters. The van der Waals surface area contributed by atoms with Gasteiger partial charge in [0, 0.05) is 49.6 Å². The molecule has 3 heterocycles. The largest absolute Gasteiger partial charge is 0.348 e.